The fraction of sp³-hybridized carbons (Fsp3) is 0.900. The van der Waals surface area contributed by atoms with Gasteiger partial charge in [-0.05, 0) is 19.8 Å². The summed E-state index contributed by atoms with van der Waals surface area (Å²) in [6, 6.07) is 0. The Morgan fingerprint density at radius 1 is 1.57 bits per heavy atom. The van der Waals surface area contributed by atoms with Crippen LogP contribution < -0.4 is 5.73 Å². The molecule has 0 aromatic heterocycles. The van der Waals surface area contributed by atoms with Crippen LogP contribution in [0.4, 0.5) is 0 Å². The van der Waals surface area contributed by atoms with Crippen LogP contribution in [-0.2, 0) is 4.79 Å². The van der Waals surface area contributed by atoms with Crippen molar-refractivity contribution in [3.8, 4) is 0 Å². The number of likely N-dealkylation sites (tertiary alicyclic amines) is 1. The second-order valence-corrected chi connectivity index (χ2v) is 4.60. The summed E-state index contributed by atoms with van der Waals surface area (Å²) in [5.74, 6) is -0.347. The van der Waals surface area contributed by atoms with Gasteiger partial charge in [-0.3, -0.25) is 4.79 Å². The van der Waals surface area contributed by atoms with Crippen LogP contribution in [0, 0.1) is 5.92 Å². The molecule has 14 heavy (non-hydrogen) atoms. The third-order valence-corrected chi connectivity index (χ3v) is 2.95. The highest BCUT2D eigenvalue weighted by Crippen LogP contribution is 2.21. The largest absolute Gasteiger partial charge is 0.390 e. The number of primary amides is 1. The number of nitrogens with zero attached hydrogens (tertiary/aromatic N) is 1. The highest BCUT2D eigenvalue weighted by Gasteiger charge is 2.28. The third kappa shape index (κ3) is 3.27. The van der Waals surface area contributed by atoms with E-state index in [1.165, 1.54) is 0 Å². The smallest absolute Gasteiger partial charge is 0.221 e. The summed E-state index contributed by atoms with van der Waals surface area (Å²) in [5.41, 5.74) is 4.67. The second-order valence-electron chi connectivity index (χ2n) is 4.60. The fourth-order valence-corrected chi connectivity index (χ4v) is 1.69. The van der Waals surface area contributed by atoms with Crippen molar-refractivity contribution >= 4 is 5.91 Å². The number of carbonyl (C=O) groups is 1. The average Bonchev–Trinajstić information content (AvgIpc) is 2.08. The first-order valence-corrected chi connectivity index (χ1v) is 5.15. The van der Waals surface area contributed by atoms with Crippen LogP contribution in [0.3, 0.4) is 0 Å². The fourth-order valence-electron chi connectivity index (χ4n) is 1.69. The Hall–Kier alpha value is -0.610. The highest BCUT2D eigenvalue weighted by atomic mass is 16.3. The zero-order valence-electron chi connectivity index (χ0n) is 8.99. The SMILES string of the molecule is CC(CN1CCC(C)(O)CC1)C(N)=O. The Kier molecular flexibility index (Phi) is 3.50. The molecule has 1 rings (SSSR count). The van der Waals surface area contributed by atoms with Crippen molar-refractivity contribution in [2.24, 2.45) is 11.7 Å². The maximum absolute atomic E-state index is 10.8. The van der Waals surface area contributed by atoms with Crippen LogP contribution in [-0.4, -0.2) is 41.1 Å². The van der Waals surface area contributed by atoms with Crippen LogP contribution in [0.1, 0.15) is 26.7 Å². The normalized spacial score (nSPS) is 24.5. The predicted molar refractivity (Wildman–Crippen MR) is 54.7 cm³/mol. The number of carbonyl (C=O) groups excluding carboxylic acids is 1. The van der Waals surface area contributed by atoms with E-state index in [1.54, 1.807) is 0 Å². The lowest BCUT2D eigenvalue weighted by molar-refractivity contribution is -0.122. The molecule has 0 aliphatic carbocycles. The maximum atomic E-state index is 10.8. The van der Waals surface area contributed by atoms with Crippen LogP contribution >= 0.6 is 0 Å². The first-order valence-electron chi connectivity index (χ1n) is 5.15. The Labute approximate surface area is 85.1 Å². The van der Waals surface area contributed by atoms with Crippen molar-refractivity contribution in [2.75, 3.05) is 19.6 Å². The Balaban J connectivity index is 2.32. The zero-order chi connectivity index (χ0) is 10.8. The van der Waals surface area contributed by atoms with Gasteiger partial charge in [0.2, 0.25) is 5.91 Å². The molecule has 4 nitrogen and oxygen atoms in total. The molecule has 0 bridgehead atoms. The van der Waals surface area contributed by atoms with Gasteiger partial charge >= 0.3 is 0 Å². The van der Waals surface area contributed by atoms with Gasteiger partial charge in [0.25, 0.3) is 0 Å². The lowest BCUT2D eigenvalue weighted by Crippen LogP contribution is -2.45. The molecule has 82 valence electrons. The van der Waals surface area contributed by atoms with E-state index in [1.807, 2.05) is 13.8 Å². The van der Waals surface area contributed by atoms with Crippen molar-refractivity contribution in [1.29, 1.82) is 0 Å². The number of amides is 1. The maximum Gasteiger partial charge on any atom is 0.221 e. The topological polar surface area (TPSA) is 66.6 Å². The van der Waals surface area contributed by atoms with E-state index in [4.69, 9.17) is 5.73 Å². The van der Waals surface area contributed by atoms with Crippen LogP contribution in [0.2, 0.25) is 0 Å². The minimum Gasteiger partial charge on any atom is -0.390 e. The number of piperidine rings is 1. The van der Waals surface area contributed by atoms with E-state index in [9.17, 15) is 9.90 Å². The molecule has 4 heteroatoms. The van der Waals surface area contributed by atoms with Crippen LogP contribution in [0.25, 0.3) is 0 Å². The molecule has 1 unspecified atom stereocenters. The molecule has 1 fully saturated rings. The standard InChI is InChI=1S/C10H20N2O2/c1-8(9(11)13)7-12-5-3-10(2,14)4-6-12/h8,14H,3-7H2,1-2H3,(H2,11,13). The van der Waals surface area contributed by atoms with Gasteiger partial charge in [-0.1, -0.05) is 6.92 Å². The summed E-state index contributed by atoms with van der Waals surface area (Å²) < 4.78 is 0. The summed E-state index contributed by atoms with van der Waals surface area (Å²) in [6.07, 6.45) is 1.55. The molecule has 1 aliphatic heterocycles. The molecule has 0 saturated carbocycles. The lowest BCUT2D eigenvalue weighted by Gasteiger charge is -2.36. The summed E-state index contributed by atoms with van der Waals surface area (Å²) in [6.45, 7) is 6.12. The van der Waals surface area contributed by atoms with Gasteiger partial charge in [0.05, 0.1) is 5.60 Å². The summed E-state index contributed by atoms with van der Waals surface area (Å²) >= 11 is 0. The molecule has 0 radical (unpaired) electrons. The molecule has 0 spiro atoms. The molecular formula is C10H20N2O2. The molecule has 1 heterocycles. The molecule has 1 atom stereocenters. The first kappa shape index (κ1) is 11.5. The Morgan fingerprint density at radius 3 is 2.50 bits per heavy atom. The van der Waals surface area contributed by atoms with Crippen molar-refractivity contribution in [3.63, 3.8) is 0 Å². The number of hydrogen-bond acceptors (Lipinski definition) is 3. The molecule has 0 aromatic carbocycles. The van der Waals surface area contributed by atoms with Crippen molar-refractivity contribution in [1.82, 2.24) is 4.90 Å². The highest BCUT2D eigenvalue weighted by molar-refractivity contribution is 5.76. The minimum absolute atomic E-state index is 0.0990. The minimum atomic E-state index is -0.521. The second kappa shape index (κ2) is 4.28. The summed E-state index contributed by atoms with van der Waals surface area (Å²) in [7, 11) is 0. The van der Waals surface area contributed by atoms with Gasteiger partial charge < -0.3 is 15.7 Å². The zero-order valence-corrected chi connectivity index (χ0v) is 8.99. The predicted octanol–water partition coefficient (Wildman–Crippen LogP) is -0.0454. The monoisotopic (exact) mass is 200 g/mol. The molecule has 3 N–H and O–H groups in total. The number of aliphatic hydroxyl groups is 1. The van der Waals surface area contributed by atoms with E-state index < -0.39 is 5.60 Å². The van der Waals surface area contributed by atoms with Crippen molar-refractivity contribution in [2.45, 2.75) is 32.3 Å². The van der Waals surface area contributed by atoms with Gasteiger partial charge in [0.1, 0.15) is 0 Å². The first-order chi connectivity index (χ1) is 6.41. The van der Waals surface area contributed by atoms with E-state index in [-0.39, 0.29) is 11.8 Å². The van der Waals surface area contributed by atoms with Crippen LogP contribution in [0.5, 0.6) is 0 Å². The van der Waals surface area contributed by atoms with Crippen LogP contribution in [0.15, 0.2) is 0 Å². The molecule has 1 aliphatic rings. The van der Waals surface area contributed by atoms with Gasteiger partial charge in [0, 0.05) is 25.6 Å². The number of nitrogens with two attached hydrogens (primary N) is 1. The van der Waals surface area contributed by atoms with E-state index in [2.05, 4.69) is 4.90 Å². The summed E-state index contributed by atoms with van der Waals surface area (Å²) in [5, 5.41) is 9.72. The Bertz CT molecular complexity index is 206. The van der Waals surface area contributed by atoms with Crippen molar-refractivity contribution in [3.05, 3.63) is 0 Å². The number of hydrogen-bond donors (Lipinski definition) is 2. The lowest BCUT2D eigenvalue weighted by atomic mass is 9.93. The average molecular weight is 200 g/mol. The van der Waals surface area contributed by atoms with E-state index in [0.29, 0.717) is 6.54 Å². The summed E-state index contributed by atoms with van der Waals surface area (Å²) in [4.78, 5) is 13.0. The molecule has 1 amide bonds. The van der Waals surface area contributed by atoms with Gasteiger partial charge in [-0.25, -0.2) is 0 Å². The number of rotatable bonds is 3. The molecular weight excluding hydrogens is 180 g/mol. The third-order valence-electron chi connectivity index (χ3n) is 2.95. The molecule has 1 saturated heterocycles. The van der Waals surface area contributed by atoms with E-state index in [0.717, 1.165) is 25.9 Å². The van der Waals surface area contributed by atoms with Crippen molar-refractivity contribution < 1.29 is 9.90 Å². The Morgan fingerprint density at radius 2 is 2.07 bits per heavy atom. The molecule has 0 aromatic rings. The van der Waals surface area contributed by atoms with Gasteiger partial charge in [-0.2, -0.15) is 0 Å². The van der Waals surface area contributed by atoms with Gasteiger partial charge in [0.15, 0.2) is 0 Å². The van der Waals surface area contributed by atoms with E-state index >= 15 is 0 Å². The quantitative estimate of drug-likeness (QED) is 0.671. The van der Waals surface area contributed by atoms with Gasteiger partial charge in [-0.15, -0.1) is 0 Å².